The molecule has 0 aliphatic carbocycles. The number of unbranched alkanes of at least 4 members (excludes halogenated alkanes) is 19. The second kappa shape index (κ2) is 35.9. The van der Waals surface area contributed by atoms with E-state index in [0.29, 0.717) is 0 Å². The summed E-state index contributed by atoms with van der Waals surface area (Å²) >= 11 is 0. The number of rotatable bonds is 35. The van der Waals surface area contributed by atoms with Crippen molar-refractivity contribution in [1.29, 1.82) is 0 Å². The Morgan fingerprint density at radius 1 is 0.571 bits per heavy atom. The Morgan fingerprint density at radius 2 is 0.980 bits per heavy atom. The first-order valence-corrected chi connectivity index (χ1v) is 21.6. The molecule has 0 saturated heterocycles. The number of aliphatic hydroxyl groups is 1. The van der Waals surface area contributed by atoms with E-state index in [1.807, 2.05) is 6.08 Å². The molecule has 0 spiro atoms. The van der Waals surface area contributed by atoms with Crippen LogP contribution in [0.4, 0.5) is 0 Å². The van der Waals surface area contributed by atoms with Crippen LogP contribution in [0.15, 0.2) is 60.8 Å². The molecule has 2 atom stereocenters. The highest BCUT2D eigenvalue weighted by molar-refractivity contribution is 7.85. The maximum atomic E-state index is 12.5. The smallest absolute Gasteiger partial charge is 0.267 e. The third-order valence-corrected chi connectivity index (χ3v) is 9.48. The molecule has 0 aliphatic heterocycles. The quantitative estimate of drug-likeness (QED) is 0.0346. The lowest BCUT2D eigenvalue weighted by Crippen LogP contribution is -2.46. The predicted octanol–water partition coefficient (Wildman–Crippen LogP) is 11.7. The lowest BCUT2D eigenvalue weighted by molar-refractivity contribution is -0.122. The van der Waals surface area contributed by atoms with Crippen molar-refractivity contribution >= 4 is 16.0 Å². The van der Waals surface area contributed by atoms with Crippen LogP contribution in [0.1, 0.15) is 181 Å². The minimum atomic E-state index is -4.35. The summed E-state index contributed by atoms with van der Waals surface area (Å²) < 4.78 is 32.4. The molecule has 284 valence electrons. The van der Waals surface area contributed by atoms with Crippen molar-refractivity contribution in [2.45, 2.75) is 193 Å². The first kappa shape index (κ1) is 47.0. The number of amides is 1. The summed E-state index contributed by atoms with van der Waals surface area (Å²) in [6.45, 7) is 4.39. The third-order valence-electron chi connectivity index (χ3n) is 8.70. The molecule has 0 aromatic heterocycles. The van der Waals surface area contributed by atoms with Crippen LogP contribution in [0.5, 0.6) is 0 Å². The zero-order valence-corrected chi connectivity index (χ0v) is 32.4. The molecule has 3 N–H and O–H groups in total. The lowest BCUT2D eigenvalue weighted by Gasteiger charge is -2.21. The number of allylic oxidation sites excluding steroid dienone is 9. The van der Waals surface area contributed by atoms with Gasteiger partial charge in [-0.1, -0.05) is 177 Å². The molecular weight excluding hydrogens is 631 g/mol. The van der Waals surface area contributed by atoms with Gasteiger partial charge in [0.25, 0.3) is 10.1 Å². The monoisotopic (exact) mass is 706 g/mol. The van der Waals surface area contributed by atoms with E-state index in [0.717, 1.165) is 77.0 Å². The maximum Gasteiger partial charge on any atom is 0.267 e. The Balaban J connectivity index is 3.94. The predicted molar refractivity (Wildman–Crippen MR) is 211 cm³/mol. The number of carbonyl (C=O) groups excluding carboxylic acids is 1. The third kappa shape index (κ3) is 37.1. The molecule has 0 aliphatic rings. The number of hydrogen-bond acceptors (Lipinski definition) is 4. The van der Waals surface area contributed by atoms with E-state index in [9.17, 15) is 22.9 Å². The van der Waals surface area contributed by atoms with Gasteiger partial charge in [0.1, 0.15) is 0 Å². The van der Waals surface area contributed by atoms with E-state index in [1.165, 1.54) is 83.5 Å². The molecule has 0 heterocycles. The summed E-state index contributed by atoms with van der Waals surface area (Å²) in [4.78, 5) is 12.5. The van der Waals surface area contributed by atoms with Crippen molar-refractivity contribution in [2.24, 2.45) is 0 Å². The maximum absolute atomic E-state index is 12.5. The summed E-state index contributed by atoms with van der Waals surface area (Å²) in [6.07, 6.45) is 49.1. The SMILES string of the molecule is CC/C=C\C/C=C\C/C=C\C/C=C\CCCCCCCCCCC(=O)NC(CS(=O)(=O)O)C(O)/C=C/CCCCCCCCCCCCC. The topological polar surface area (TPSA) is 104 Å². The van der Waals surface area contributed by atoms with Crippen molar-refractivity contribution in [1.82, 2.24) is 5.32 Å². The minimum absolute atomic E-state index is 0.284. The van der Waals surface area contributed by atoms with Crippen LogP contribution >= 0.6 is 0 Å². The van der Waals surface area contributed by atoms with Gasteiger partial charge in [0.05, 0.1) is 17.9 Å². The van der Waals surface area contributed by atoms with Crippen molar-refractivity contribution in [3.05, 3.63) is 60.8 Å². The largest absolute Gasteiger partial charge is 0.387 e. The van der Waals surface area contributed by atoms with Gasteiger partial charge >= 0.3 is 0 Å². The molecular formula is C42H75NO5S. The van der Waals surface area contributed by atoms with Gasteiger partial charge in [-0.3, -0.25) is 9.35 Å². The van der Waals surface area contributed by atoms with Gasteiger partial charge in [-0.25, -0.2) is 0 Å². The first-order chi connectivity index (χ1) is 23.8. The molecule has 1 amide bonds. The van der Waals surface area contributed by atoms with Crippen LogP contribution in [0.3, 0.4) is 0 Å². The lowest BCUT2D eigenvalue weighted by atomic mass is 10.0. The molecule has 0 saturated carbocycles. The van der Waals surface area contributed by atoms with Crippen LogP contribution in [0, 0.1) is 0 Å². The molecule has 0 rings (SSSR count). The van der Waals surface area contributed by atoms with Gasteiger partial charge in [0.15, 0.2) is 0 Å². The van der Waals surface area contributed by atoms with Crippen LogP contribution in [0.2, 0.25) is 0 Å². The summed E-state index contributed by atoms with van der Waals surface area (Å²) in [6, 6.07) is -1.06. The molecule has 2 unspecified atom stereocenters. The van der Waals surface area contributed by atoms with Gasteiger partial charge in [-0.05, 0) is 57.8 Å². The van der Waals surface area contributed by atoms with Gasteiger partial charge in [-0.2, -0.15) is 8.42 Å². The van der Waals surface area contributed by atoms with Crippen molar-refractivity contribution < 1.29 is 22.9 Å². The average Bonchev–Trinajstić information content (AvgIpc) is 3.06. The van der Waals surface area contributed by atoms with E-state index >= 15 is 0 Å². The molecule has 0 bridgehead atoms. The average molecular weight is 706 g/mol. The molecule has 0 radical (unpaired) electrons. The number of aliphatic hydroxyl groups excluding tert-OH is 1. The van der Waals surface area contributed by atoms with Crippen molar-refractivity contribution in [3.63, 3.8) is 0 Å². The molecule has 7 heteroatoms. The second-order valence-electron chi connectivity index (χ2n) is 13.5. The summed E-state index contributed by atoms with van der Waals surface area (Å²) in [5.74, 6) is -0.993. The number of carbonyl (C=O) groups is 1. The molecule has 6 nitrogen and oxygen atoms in total. The highest BCUT2D eigenvalue weighted by atomic mass is 32.2. The zero-order valence-electron chi connectivity index (χ0n) is 31.5. The van der Waals surface area contributed by atoms with Crippen LogP contribution in [-0.4, -0.2) is 41.9 Å². The second-order valence-corrected chi connectivity index (χ2v) is 15.0. The molecule has 0 aromatic rings. The van der Waals surface area contributed by atoms with Crippen LogP contribution in [0.25, 0.3) is 0 Å². The highest BCUT2D eigenvalue weighted by Crippen LogP contribution is 2.14. The normalized spacial score (nSPS) is 14.0. The summed E-state index contributed by atoms with van der Waals surface area (Å²) in [5.41, 5.74) is 0. The van der Waals surface area contributed by atoms with E-state index < -0.39 is 28.0 Å². The Morgan fingerprint density at radius 3 is 1.45 bits per heavy atom. The van der Waals surface area contributed by atoms with Gasteiger partial charge in [0, 0.05) is 6.42 Å². The molecule has 0 aromatic carbocycles. The molecule has 49 heavy (non-hydrogen) atoms. The zero-order chi connectivity index (χ0) is 36.1. The van der Waals surface area contributed by atoms with Crippen LogP contribution in [-0.2, 0) is 14.9 Å². The highest BCUT2D eigenvalue weighted by Gasteiger charge is 2.24. The Labute approximate surface area is 302 Å². The standard InChI is InChI=1S/C42H75NO5S/c1-3-5-7-9-11-13-15-17-18-19-20-21-22-23-24-26-28-30-32-34-36-38-42(45)43-40(39-49(46,47)48)41(44)37-35-33-31-29-27-25-16-14-12-10-8-6-4-2/h5,7,11,13,17-18,20-21,35,37,40-41,44H,3-4,6,8-10,12,14-16,19,22-34,36,38-39H2,1-2H3,(H,43,45)(H,46,47,48)/b7-5-,13-11-,18-17-,21-20-,37-35+. The van der Waals surface area contributed by atoms with E-state index in [2.05, 4.69) is 67.8 Å². The van der Waals surface area contributed by atoms with Crippen LogP contribution < -0.4 is 5.32 Å². The van der Waals surface area contributed by atoms with Crippen molar-refractivity contribution in [2.75, 3.05) is 5.75 Å². The van der Waals surface area contributed by atoms with Gasteiger partial charge in [0.2, 0.25) is 5.91 Å². The first-order valence-electron chi connectivity index (χ1n) is 20.0. The fourth-order valence-electron chi connectivity index (χ4n) is 5.73. The Bertz CT molecular complexity index is 999. The minimum Gasteiger partial charge on any atom is -0.387 e. The fraction of sp³-hybridized carbons (Fsp3) is 0.738. The Hall–Kier alpha value is -1.96. The van der Waals surface area contributed by atoms with E-state index in [-0.39, 0.29) is 12.3 Å². The number of hydrogen-bond donors (Lipinski definition) is 3. The summed E-state index contributed by atoms with van der Waals surface area (Å²) in [5, 5.41) is 13.2. The summed E-state index contributed by atoms with van der Waals surface area (Å²) in [7, 11) is -4.35. The number of nitrogens with one attached hydrogen (secondary N) is 1. The fourth-order valence-corrected chi connectivity index (χ4v) is 6.47. The Kier molecular flexibility index (Phi) is 34.4. The molecule has 0 fully saturated rings. The van der Waals surface area contributed by atoms with E-state index in [4.69, 9.17) is 0 Å². The van der Waals surface area contributed by atoms with E-state index in [1.54, 1.807) is 6.08 Å². The van der Waals surface area contributed by atoms with Gasteiger partial charge < -0.3 is 10.4 Å². The van der Waals surface area contributed by atoms with Gasteiger partial charge in [-0.15, -0.1) is 0 Å². The van der Waals surface area contributed by atoms with Crippen molar-refractivity contribution in [3.8, 4) is 0 Å².